The molecule has 1 aliphatic rings. The average molecular weight is 295 g/mol. The number of nitrogens with zero attached hydrogens (tertiary/aromatic N) is 2. The summed E-state index contributed by atoms with van der Waals surface area (Å²) in [5.74, 6) is -1.55. The minimum absolute atomic E-state index is 0.114. The second-order valence-corrected chi connectivity index (χ2v) is 5.98. The largest absolute Gasteiger partial charge is 0.476 e. The number of thiazole rings is 2. The Hall–Kier alpha value is -1.80. The molecule has 0 fully saturated rings. The number of aryl methyl sites for hydroxylation is 2. The van der Waals surface area contributed by atoms with Gasteiger partial charge in [-0.25, -0.2) is 14.8 Å². The number of carbonyl (C=O) groups excluding carboxylic acids is 1. The monoisotopic (exact) mass is 295 g/mol. The van der Waals surface area contributed by atoms with Crippen molar-refractivity contribution in [1.29, 1.82) is 0 Å². The van der Waals surface area contributed by atoms with Crippen molar-refractivity contribution in [3.8, 4) is 0 Å². The number of carboxylic acid groups (broad SMARTS) is 1. The molecule has 0 saturated heterocycles. The van der Waals surface area contributed by atoms with Crippen molar-refractivity contribution in [3.05, 3.63) is 26.7 Å². The molecule has 0 aromatic carbocycles. The topological polar surface area (TPSA) is 92.2 Å². The van der Waals surface area contributed by atoms with Crippen molar-refractivity contribution in [1.82, 2.24) is 9.97 Å². The summed E-state index contributed by atoms with van der Waals surface area (Å²) in [5, 5.41) is 13.5. The molecule has 2 aromatic heterocycles. The van der Waals surface area contributed by atoms with Crippen LogP contribution in [-0.2, 0) is 12.8 Å². The number of rotatable bonds is 3. The Labute approximate surface area is 116 Å². The SMILES string of the molecule is O=C(O)c1csc(C(=O)Nc2nc3c(s2)CCC3)n1. The van der Waals surface area contributed by atoms with Gasteiger partial charge in [0.15, 0.2) is 15.8 Å². The summed E-state index contributed by atoms with van der Waals surface area (Å²) in [5.41, 5.74) is 0.947. The quantitative estimate of drug-likeness (QED) is 0.904. The van der Waals surface area contributed by atoms with Gasteiger partial charge in [0.2, 0.25) is 0 Å². The van der Waals surface area contributed by atoms with E-state index >= 15 is 0 Å². The predicted octanol–water partition coefficient (Wildman–Crippen LogP) is 2.04. The second kappa shape index (κ2) is 4.71. The van der Waals surface area contributed by atoms with Crippen molar-refractivity contribution in [2.75, 3.05) is 5.32 Å². The van der Waals surface area contributed by atoms with Crippen LogP contribution in [0.1, 0.15) is 37.3 Å². The van der Waals surface area contributed by atoms with Gasteiger partial charge in [0.1, 0.15) is 0 Å². The highest BCUT2D eigenvalue weighted by atomic mass is 32.1. The number of amides is 1. The molecule has 1 amide bonds. The lowest BCUT2D eigenvalue weighted by molar-refractivity contribution is 0.0691. The summed E-state index contributed by atoms with van der Waals surface area (Å²) in [7, 11) is 0. The van der Waals surface area contributed by atoms with Gasteiger partial charge in [0, 0.05) is 10.3 Å². The number of hydrogen-bond acceptors (Lipinski definition) is 6. The molecule has 2 heterocycles. The van der Waals surface area contributed by atoms with Crippen molar-refractivity contribution in [2.24, 2.45) is 0 Å². The number of carbonyl (C=O) groups is 2. The molecular formula is C11H9N3O3S2. The van der Waals surface area contributed by atoms with E-state index in [0.717, 1.165) is 36.3 Å². The Bertz CT molecular complexity index is 640. The molecule has 0 unspecified atom stereocenters. The van der Waals surface area contributed by atoms with E-state index in [4.69, 9.17) is 5.11 Å². The van der Waals surface area contributed by atoms with Gasteiger partial charge in [-0.3, -0.25) is 10.1 Å². The Morgan fingerprint density at radius 3 is 2.84 bits per heavy atom. The normalized spacial score (nSPS) is 13.3. The first-order valence-electron chi connectivity index (χ1n) is 5.62. The number of aromatic nitrogens is 2. The Morgan fingerprint density at radius 2 is 2.16 bits per heavy atom. The smallest absolute Gasteiger partial charge is 0.355 e. The zero-order chi connectivity index (χ0) is 13.4. The van der Waals surface area contributed by atoms with E-state index in [0.29, 0.717) is 5.13 Å². The molecule has 0 bridgehead atoms. The van der Waals surface area contributed by atoms with Crippen LogP contribution in [0.4, 0.5) is 5.13 Å². The molecule has 98 valence electrons. The highest BCUT2D eigenvalue weighted by Crippen LogP contribution is 2.30. The van der Waals surface area contributed by atoms with E-state index in [9.17, 15) is 9.59 Å². The van der Waals surface area contributed by atoms with E-state index in [1.54, 1.807) is 0 Å². The van der Waals surface area contributed by atoms with Gasteiger partial charge in [0.05, 0.1) is 5.69 Å². The van der Waals surface area contributed by atoms with E-state index in [1.165, 1.54) is 21.6 Å². The Kier molecular flexibility index (Phi) is 3.03. The summed E-state index contributed by atoms with van der Waals surface area (Å²) >= 11 is 2.48. The standard InChI is InChI=1S/C11H9N3O3S2/c15-8(9-12-6(4-18-9)10(16)17)14-11-13-5-2-1-3-7(5)19-11/h4H,1-3H2,(H,16,17)(H,13,14,15). The molecule has 0 atom stereocenters. The van der Waals surface area contributed by atoms with Gasteiger partial charge in [-0.05, 0) is 19.3 Å². The summed E-state index contributed by atoms with van der Waals surface area (Å²) in [6, 6.07) is 0. The first-order valence-corrected chi connectivity index (χ1v) is 7.32. The molecule has 3 rings (SSSR count). The van der Waals surface area contributed by atoms with Crippen molar-refractivity contribution >= 4 is 39.7 Å². The number of anilines is 1. The van der Waals surface area contributed by atoms with E-state index < -0.39 is 11.9 Å². The lowest BCUT2D eigenvalue weighted by Crippen LogP contribution is -2.12. The van der Waals surface area contributed by atoms with Crippen LogP contribution in [0.15, 0.2) is 5.38 Å². The zero-order valence-corrected chi connectivity index (χ0v) is 11.3. The van der Waals surface area contributed by atoms with Gasteiger partial charge >= 0.3 is 5.97 Å². The fourth-order valence-corrected chi connectivity index (χ4v) is 3.60. The maximum atomic E-state index is 11.9. The Balaban J connectivity index is 1.74. The van der Waals surface area contributed by atoms with Crippen LogP contribution >= 0.6 is 22.7 Å². The van der Waals surface area contributed by atoms with Crippen LogP contribution in [0.25, 0.3) is 0 Å². The fraction of sp³-hybridized carbons (Fsp3) is 0.273. The zero-order valence-electron chi connectivity index (χ0n) is 9.67. The molecule has 6 nitrogen and oxygen atoms in total. The third-order valence-electron chi connectivity index (χ3n) is 2.73. The summed E-state index contributed by atoms with van der Waals surface area (Å²) in [4.78, 5) is 31.9. The van der Waals surface area contributed by atoms with E-state index in [2.05, 4.69) is 15.3 Å². The first-order chi connectivity index (χ1) is 9.13. The van der Waals surface area contributed by atoms with Gasteiger partial charge in [-0.15, -0.1) is 22.7 Å². The van der Waals surface area contributed by atoms with Crippen LogP contribution < -0.4 is 5.32 Å². The number of carboxylic acids is 1. The summed E-state index contributed by atoms with van der Waals surface area (Å²) in [6.45, 7) is 0. The number of aromatic carboxylic acids is 1. The maximum absolute atomic E-state index is 11.9. The van der Waals surface area contributed by atoms with Crippen molar-refractivity contribution in [3.63, 3.8) is 0 Å². The highest BCUT2D eigenvalue weighted by molar-refractivity contribution is 7.16. The molecule has 0 spiro atoms. The van der Waals surface area contributed by atoms with Crippen LogP contribution in [0.2, 0.25) is 0 Å². The van der Waals surface area contributed by atoms with Crippen LogP contribution in [0.3, 0.4) is 0 Å². The predicted molar refractivity (Wildman–Crippen MR) is 71.2 cm³/mol. The third kappa shape index (κ3) is 2.36. The number of nitrogens with one attached hydrogen (secondary N) is 1. The van der Waals surface area contributed by atoms with Crippen molar-refractivity contribution < 1.29 is 14.7 Å². The number of fused-ring (bicyclic) bond motifs is 1. The lowest BCUT2D eigenvalue weighted by atomic mass is 10.4. The molecular weight excluding hydrogens is 286 g/mol. The maximum Gasteiger partial charge on any atom is 0.355 e. The van der Waals surface area contributed by atoms with Crippen molar-refractivity contribution in [2.45, 2.75) is 19.3 Å². The molecule has 0 aliphatic heterocycles. The van der Waals surface area contributed by atoms with Gasteiger partial charge < -0.3 is 5.11 Å². The minimum atomic E-state index is -1.14. The lowest BCUT2D eigenvalue weighted by Gasteiger charge is -1.97. The third-order valence-corrected chi connectivity index (χ3v) is 4.65. The first kappa shape index (κ1) is 12.2. The highest BCUT2D eigenvalue weighted by Gasteiger charge is 2.20. The van der Waals surface area contributed by atoms with Gasteiger partial charge in [-0.1, -0.05) is 0 Å². The molecule has 19 heavy (non-hydrogen) atoms. The molecule has 0 radical (unpaired) electrons. The van der Waals surface area contributed by atoms with Crippen LogP contribution in [-0.4, -0.2) is 27.0 Å². The Morgan fingerprint density at radius 1 is 1.32 bits per heavy atom. The fourth-order valence-electron chi connectivity index (χ4n) is 1.87. The molecule has 2 aromatic rings. The average Bonchev–Trinajstić information content (AvgIpc) is 3.02. The molecule has 0 saturated carbocycles. The van der Waals surface area contributed by atoms with E-state index in [-0.39, 0.29) is 10.7 Å². The van der Waals surface area contributed by atoms with Crippen LogP contribution in [0, 0.1) is 0 Å². The molecule has 8 heteroatoms. The van der Waals surface area contributed by atoms with E-state index in [1.807, 2.05) is 0 Å². The second-order valence-electron chi connectivity index (χ2n) is 4.04. The summed E-state index contributed by atoms with van der Waals surface area (Å²) in [6.07, 6.45) is 3.10. The minimum Gasteiger partial charge on any atom is -0.476 e. The summed E-state index contributed by atoms with van der Waals surface area (Å²) < 4.78 is 0. The molecule has 2 N–H and O–H groups in total. The molecule has 1 aliphatic carbocycles. The van der Waals surface area contributed by atoms with Gasteiger partial charge in [0.25, 0.3) is 5.91 Å². The van der Waals surface area contributed by atoms with Crippen LogP contribution in [0.5, 0.6) is 0 Å². The van der Waals surface area contributed by atoms with Gasteiger partial charge in [-0.2, -0.15) is 0 Å². The number of hydrogen-bond donors (Lipinski definition) is 2.